The van der Waals surface area contributed by atoms with Crippen LogP contribution in [0.4, 0.5) is 0 Å². The molecule has 0 bridgehead atoms. The lowest BCUT2D eigenvalue weighted by atomic mass is 10.1. The molecular formula is C10H20O4. The van der Waals surface area contributed by atoms with Crippen molar-refractivity contribution in [3.05, 3.63) is 0 Å². The first-order chi connectivity index (χ1) is 6.84. The highest BCUT2D eigenvalue weighted by atomic mass is 16.7. The molecule has 0 aromatic heterocycles. The minimum absolute atomic E-state index is 0.0608. The van der Waals surface area contributed by atoms with Crippen LogP contribution in [0.15, 0.2) is 0 Å². The van der Waals surface area contributed by atoms with Crippen LogP contribution in [-0.4, -0.2) is 44.4 Å². The number of methoxy groups -OCH3 is 1. The second-order valence-corrected chi connectivity index (χ2v) is 3.60. The molecule has 0 aromatic rings. The number of hydrogen-bond donors (Lipinski definition) is 1. The summed E-state index contributed by atoms with van der Waals surface area (Å²) < 4.78 is 15.3. The summed E-state index contributed by atoms with van der Waals surface area (Å²) in [5.74, 6) is 0. The predicted octanol–water partition coefficient (Wildman–Crippen LogP) is 0.927. The number of ether oxygens (including phenoxy) is 3. The molecule has 1 N–H and O–H groups in total. The molecule has 1 rings (SSSR count). The van der Waals surface area contributed by atoms with Crippen molar-refractivity contribution in [3.8, 4) is 0 Å². The van der Waals surface area contributed by atoms with Crippen molar-refractivity contribution in [1.82, 2.24) is 0 Å². The number of aliphatic hydroxyl groups is 1. The van der Waals surface area contributed by atoms with E-state index in [-0.39, 0.29) is 12.9 Å². The molecule has 0 amide bonds. The smallest absolute Gasteiger partial charge is 0.146 e. The van der Waals surface area contributed by atoms with Gasteiger partial charge in [-0.05, 0) is 12.8 Å². The Balaban J connectivity index is 2.16. The van der Waals surface area contributed by atoms with Crippen LogP contribution < -0.4 is 0 Å². The average Bonchev–Trinajstić information content (AvgIpc) is 2.46. The van der Waals surface area contributed by atoms with Gasteiger partial charge in [-0.25, -0.2) is 0 Å². The summed E-state index contributed by atoms with van der Waals surface area (Å²) in [5.41, 5.74) is 0. The predicted molar refractivity (Wildman–Crippen MR) is 52.0 cm³/mol. The van der Waals surface area contributed by atoms with E-state index < -0.39 is 6.10 Å². The summed E-state index contributed by atoms with van der Waals surface area (Å²) in [6.45, 7) is 1.27. The lowest BCUT2D eigenvalue weighted by Crippen LogP contribution is -2.32. The van der Waals surface area contributed by atoms with Crippen molar-refractivity contribution in [2.24, 2.45) is 0 Å². The van der Waals surface area contributed by atoms with Gasteiger partial charge in [0.05, 0.1) is 12.7 Å². The third-order valence-electron chi connectivity index (χ3n) is 2.38. The summed E-state index contributed by atoms with van der Waals surface area (Å²) >= 11 is 0. The molecule has 0 unspecified atom stereocenters. The second-order valence-electron chi connectivity index (χ2n) is 3.60. The monoisotopic (exact) mass is 204 g/mol. The fourth-order valence-corrected chi connectivity index (χ4v) is 1.61. The Morgan fingerprint density at radius 1 is 1.43 bits per heavy atom. The summed E-state index contributed by atoms with van der Waals surface area (Å²) in [6, 6.07) is 0. The maximum Gasteiger partial charge on any atom is 0.146 e. The van der Waals surface area contributed by atoms with Crippen LogP contribution in [-0.2, 0) is 14.2 Å². The fourth-order valence-electron chi connectivity index (χ4n) is 1.61. The molecule has 14 heavy (non-hydrogen) atoms. The van der Waals surface area contributed by atoms with E-state index in [0.29, 0.717) is 6.61 Å². The van der Waals surface area contributed by atoms with Crippen molar-refractivity contribution >= 4 is 0 Å². The SMILES string of the molecule is COCOC[C@H](O)[C@H]1CCCCCO1. The second kappa shape index (κ2) is 7.17. The van der Waals surface area contributed by atoms with E-state index in [1.54, 1.807) is 7.11 Å². The zero-order valence-corrected chi connectivity index (χ0v) is 8.78. The van der Waals surface area contributed by atoms with Crippen LogP contribution in [0, 0.1) is 0 Å². The van der Waals surface area contributed by atoms with Crippen LogP contribution in [0.3, 0.4) is 0 Å². The zero-order chi connectivity index (χ0) is 10.2. The molecule has 1 aliphatic rings. The van der Waals surface area contributed by atoms with Gasteiger partial charge in [0.2, 0.25) is 0 Å². The lowest BCUT2D eigenvalue weighted by molar-refractivity contribution is -0.104. The molecular weight excluding hydrogens is 184 g/mol. The maximum absolute atomic E-state index is 9.72. The third kappa shape index (κ3) is 4.37. The van der Waals surface area contributed by atoms with Gasteiger partial charge in [-0.15, -0.1) is 0 Å². The highest BCUT2D eigenvalue weighted by molar-refractivity contribution is 4.70. The van der Waals surface area contributed by atoms with Gasteiger partial charge in [-0.2, -0.15) is 0 Å². The van der Waals surface area contributed by atoms with E-state index in [9.17, 15) is 5.11 Å². The first-order valence-corrected chi connectivity index (χ1v) is 5.21. The van der Waals surface area contributed by atoms with Gasteiger partial charge >= 0.3 is 0 Å². The molecule has 1 saturated heterocycles. The van der Waals surface area contributed by atoms with E-state index in [1.807, 2.05) is 0 Å². The normalized spacial score (nSPS) is 25.7. The summed E-state index contributed by atoms with van der Waals surface area (Å²) in [7, 11) is 1.56. The third-order valence-corrected chi connectivity index (χ3v) is 2.38. The average molecular weight is 204 g/mol. The highest BCUT2D eigenvalue weighted by Crippen LogP contribution is 2.16. The van der Waals surface area contributed by atoms with Gasteiger partial charge in [0.15, 0.2) is 0 Å². The quantitative estimate of drug-likeness (QED) is 0.534. The Morgan fingerprint density at radius 2 is 2.29 bits per heavy atom. The van der Waals surface area contributed by atoms with Crippen molar-refractivity contribution in [1.29, 1.82) is 0 Å². The van der Waals surface area contributed by atoms with E-state index in [2.05, 4.69) is 0 Å². The molecule has 1 aliphatic heterocycles. The van der Waals surface area contributed by atoms with Crippen molar-refractivity contribution in [2.45, 2.75) is 37.9 Å². The molecule has 0 saturated carbocycles. The van der Waals surface area contributed by atoms with Crippen molar-refractivity contribution in [2.75, 3.05) is 27.1 Å². The van der Waals surface area contributed by atoms with Gasteiger partial charge in [-0.3, -0.25) is 0 Å². The Bertz CT molecular complexity index is 132. The largest absolute Gasteiger partial charge is 0.388 e. The molecule has 0 spiro atoms. The van der Waals surface area contributed by atoms with Gasteiger partial charge in [0, 0.05) is 13.7 Å². The van der Waals surface area contributed by atoms with Crippen LogP contribution in [0.2, 0.25) is 0 Å². The Labute approximate surface area is 85.2 Å². The molecule has 1 fully saturated rings. The molecule has 0 aromatic carbocycles. The first kappa shape index (κ1) is 11.9. The summed E-state index contributed by atoms with van der Waals surface area (Å²) in [4.78, 5) is 0. The molecule has 2 atom stereocenters. The molecule has 1 heterocycles. The Hall–Kier alpha value is -0.160. The number of hydrogen-bond acceptors (Lipinski definition) is 4. The van der Waals surface area contributed by atoms with E-state index >= 15 is 0 Å². The van der Waals surface area contributed by atoms with Crippen LogP contribution in [0.1, 0.15) is 25.7 Å². The standard InChI is InChI=1S/C10H20O4/c1-12-8-13-7-9(11)10-5-3-2-4-6-14-10/h9-11H,2-8H2,1H3/t9-,10+/m0/s1. The van der Waals surface area contributed by atoms with Crippen molar-refractivity contribution in [3.63, 3.8) is 0 Å². The van der Waals surface area contributed by atoms with Crippen molar-refractivity contribution < 1.29 is 19.3 Å². The van der Waals surface area contributed by atoms with Gasteiger partial charge in [0.1, 0.15) is 12.9 Å². The maximum atomic E-state index is 9.72. The molecule has 4 heteroatoms. The number of rotatable bonds is 5. The van der Waals surface area contributed by atoms with Gasteiger partial charge in [-0.1, -0.05) is 12.8 Å². The molecule has 0 aliphatic carbocycles. The topological polar surface area (TPSA) is 47.9 Å². The van der Waals surface area contributed by atoms with E-state index in [0.717, 1.165) is 25.9 Å². The van der Waals surface area contributed by atoms with Gasteiger partial charge in [0.25, 0.3) is 0 Å². The summed E-state index contributed by atoms with van der Waals surface area (Å²) in [5, 5.41) is 9.72. The van der Waals surface area contributed by atoms with E-state index in [1.165, 1.54) is 6.42 Å². The Morgan fingerprint density at radius 3 is 3.07 bits per heavy atom. The van der Waals surface area contributed by atoms with Crippen LogP contribution >= 0.6 is 0 Å². The molecule has 84 valence electrons. The van der Waals surface area contributed by atoms with Crippen LogP contribution in [0.25, 0.3) is 0 Å². The summed E-state index contributed by atoms with van der Waals surface area (Å²) in [6.07, 6.45) is 3.77. The molecule has 0 radical (unpaired) electrons. The van der Waals surface area contributed by atoms with Gasteiger partial charge < -0.3 is 19.3 Å². The zero-order valence-electron chi connectivity index (χ0n) is 8.78. The molecule has 4 nitrogen and oxygen atoms in total. The highest BCUT2D eigenvalue weighted by Gasteiger charge is 2.21. The minimum atomic E-state index is -0.525. The van der Waals surface area contributed by atoms with Crippen LogP contribution in [0.5, 0.6) is 0 Å². The number of aliphatic hydroxyl groups excluding tert-OH is 1. The Kier molecular flexibility index (Phi) is 6.10. The lowest BCUT2D eigenvalue weighted by Gasteiger charge is -2.21. The van der Waals surface area contributed by atoms with E-state index in [4.69, 9.17) is 14.2 Å². The first-order valence-electron chi connectivity index (χ1n) is 5.21. The fraction of sp³-hybridized carbons (Fsp3) is 1.00. The minimum Gasteiger partial charge on any atom is -0.388 e.